The minimum absolute atomic E-state index is 0.00139. The molecule has 0 saturated carbocycles. The first kappa shape index (κ1) is 17.0. The maximum absolute atomic E-state index is 12.3. The number of carbonyl (C=O) groups excluding carboxylic acids is 2. The molecule has 1 aromatic heterocycles. The fourth-order valence-corrected chi connectivity index (χ4v) is 2.22. The second-order valence-corrected chi connectivity index (χ2v) is 5.91. The van der Waals surface area contributed by atoms with Crippen molar-refractivity contribution in [1.82, 2.24) is 10.3 Å². The van der Waals surface area contributed by atoms with Crippen LogP contribution >= 0.6 is 11.6 Å². The number of nitrogens with one attached hydrogen (secondary N) is 2. The highest BCUT2D eigenvalue weighted by Crippen LogP contribution is 2.20. The van der Waals surface area contributed by atoms with Crippen molar-refractivity contribution in [2.45, 2.75) is 26.8 Å². The number of hydrogen-bond acceptors (Lipinski definition) is 3. The first-order chi connectivity index (χ1) is 10.9. The molecule has 6 heteroatoms. The number of halogens is 1. The molecule has 0 aliphatic rings. The van der Waals surface area contributed by atoms with Crippen molar-refractivity contribution in [3.8, 4) is 0 Å². The summed E-state index contributed by atoms with van der Waals surface area (Å²) in [5, 5.41) is 6.15. The van der Waals surface area contributed by atoms with Crippen LogP contribution in [0, 0.1) is 6.92 Å². The average Bonchev–Trinajstić information content (AvgIpc) is 2.49. The van der Waals surface area contributed by atoms with Gasteiger partial charge in [-0.1, -0.05) is 11.6 Å². The van der Waals surface area contributed by atoms with E-state index in [0.29, 0.717) is 16.3 Å². The molecule has 0 unspecified atom stereocenters. The number of aryl methyl sites for hydroxylation is 1. The maximum atomic E-state index is 12.3. The van der Waals surface area contributed by atoms with Crippen LogP contribution < -0.4 is 10.6 Å². The first-order valence-electron chi connectivity index (χ1n) is 7.21. The van der Waals surface area contributed by atoms with Crippen molar-refractivity contribution in [3.63, 3.8) is 0 Å². The van der Waals surface area contributed by atoms with Gasteiger partial charge in [0.1, 0.15) is 5.69 Å². The van der Waals surface area contributed by atoms with E-state index in [0.717, 1.165) is 5.56 Å². The molecule has 1 aromatic carbocycles. The number of rotatable bonds is 4. The molecule has 0 aliphatic heterocycles. The van der Waals surface area contributed by atoms with Crippen LogP contribution in [-0.2, 0) is 0 Å². The van der Waals surface area contributed by atoms with E-state index in [4.69, 9.17) is 11.6 Å². The Balaban J connectivity index is 2.18. The van der Waals surface area contributed by atoms with E-state index in [1.807, 2.05) is 20.8 Å². The molecular formula is C17H18ClN3O2. The van der Waals surface area contributed by atoms with Gasteiger partial charge in [-0.05, 0) is 56.7 Å². The number of anilines is 1. The van der Waals surface area contributed by atoms with E-state index in [-0.39, 0.29) is 23.6 Å². The number of hydrogen-bond donors (Lipinski definition) is 2. The van der Waals surface area contributed by atoms with Gasteiger partial charge in [0.25, 0.3) is 11.8 Å². The van der Waals surface area contributed by atoms with Crippen molar-refractivity contribution < 1.29 is 9.59 Å². The van der Waals surface area contributed by atoms with Gasteiger partial charge in [-0.15, -0.1) is 0 Å². The Morgan fingerprint density at radius 2 is 1.87 bits per heavy atom. The predicted molar refractivity (Wildman–Crippen MR) is 91.0 cm³/mol. The van der Waals surface area contributed by atoms with Crippen molar-refractivity contribution in [1.29, 1.82) is 0 Å². The van der Waals surface area contributed by atoms with Crippen LogP contribution in [-0.4, -0.2) is 22.8 Å². The summed E-state index contributed by atoms with van der Waals surface area (Å²) in [5.41, 5.74) is 2.10. The summed E-state index contributed by atoms with van der Waals surface area (Å²) < 4.78 is 0. The topological polar surface area (TPSA) is 71.1 Å². The largest absolute Gasteiger partial charge is 0.349 e. The molecule has 0 bridgehead atoms. The summed E-state index contributed by atoms with van der Waals surface area (Å²) in [5.74, 6) is -0.617. The zero-order valence-corrected chi connectivity index (χ0v) is 13.9. The smallest absolute Gasteiger partial charge is 0.270 e. The van der Waals surface area contributed by atoms with Gasteiger partial charge in [0.05, 0.1) is 0 Å². The summed E-state index contributed by atoms with van der Waals surface area (Å²) in [7, 11) is 0. The molecule has 2 aromatic rings. The Labute approximate surface area is 140 Å². The van der Waals surface area contributed by atoms with Crippen molar-refractivity contribution in [2.24, 2.45) is 0 Å². The number of carbonyl (C=O) groups is 2. The van der Waals surface area contributed by atoms with E-state index >= 15 is 0 Å². The molecule has 0 spiro atoms. The van der Waals surface area contributed by atoms with E-state index in [1.165, 1.54) is 12.3 Å². The van der Waals surface area contributed by atoms with Gasteiger partial charge in [0, 0.05) is 28.5 Å². The van der Waals surface area contributed by atoms with Crippen LogP contribution in [0.2, 0.25) is 5.02 Å². The summed E-state index contributed by atoms with van der Waals surface area (Å²) in [4.78, 5) is 28.3. The monoisotopic (exact) mass is 331 g/mol. The number of benzene rings is 1. The minimum Gasteiger partial charge on any atom is -0.349 e. The maximum Gasteiger partial charge on any atom is 0.270 e. The second-order valence-electron chi connectivity index (χ2n) is 5.47. The van der Waals surface area contributed by atoms with E-state index < -0.39 is 0 Å². The van der Waals surface area contributed by atoms with Crippen molar-refractivity contribution >= 4 is 29.1 Å². The Bertz CT molecular complexity index is 744. The third-order valence-corrected chi connectivity index (χ3v) is 3.35. The van der Waals surface area contributed by atoms with Crippen LogP contribution in [0.5, 0.6) is 0 Å². The lowest BCUT2D eigenvalue weighted by atomic mass is 10.1. The van der Waals surface area contributed by atoms with Gasteiger partial charge in [0.15, 0.2) is 0 Å². The predicted octanol–water partition coefficient (Wildman–Crippen LogP) is 3.43. The number of aromatic nitrogens is 1. The van der Waals surface area contributed by atoms with Crippen molar-refractivity contribution in [3.05, 3.63) is 58.4 Å². The second kappa shape index (κ2) is 7.24. The molecule has 1 heterocycles. The fraction of sp³-hybridized carbons (Fsp3) is 0.235. The van der Waals surface area contributed by atoms with Gasteiger partial charge in [-0.2, -0.15) is 0 Å². The normalized spacial score (nSPS) is 10.5. The number of amides is 2. The molecule has 0 fully saturated rings. The Morgan fingerprint density at radius 3 is 2.52 bits per heavy atom. The summed E-state index contributed by atoms with van der Waals surface area (Å²) in [6.45, 7) is 5.57. The van der Waals surface area contributed by atoms with Crippen LogP contribution in [0.4, 0.5) is 5.69 Å². The zero-order chi connectivity index (χ0) is 17.0. The van der Waals surface area contributed by atoms with Gasteiger partial charge >= 0.3 is 0 Å². The SMILES string of the molecule is Cc1cc(Cl)ccc1NC(=O)c1ccnc(C(=O)NC(C)C)c1. The highest BCUT2D eigenvalue weighted by molar-refractivity contribution is 6.30. The zero-order valence-electron chi connectivity index (χ0n) is 13.2. The first-order valence-corrected chi connectivity index (χ1v) is 7.59. The molecule has 0 radical (unpaired) electrons. The highest BCUT2D eigenvalue weighted by Gasteiger charge is 2.13. The minimum atomic E-state index is -0.309. The van der Waals surface area contributed by atoms with Gasteiger partial charge in [-0.25, -0.2) is 0 Å². The van der Waals surface area contributed by atoms with Crippen LogP contribution in [0.3, 0.4) is 0 Å². The highest BCUT2D eigenvalue weighted by atomic mass is 35.5. The third kappa shape index (κ3) is 4.53. The molecule has 2 N–H and O–H groups in total. The molecule has 0 aliphatic carbocycles. The molecule has 120 valence electrons. The summed E-state index contributed by atoms with van der Waals surface area (Å²) >= 11 is 5.90. The molecule has 2 rings (SSSR count). The van der Waals surface area contributed by atoms with Gasteiger partial charge in [-0.3, -0.25) is 14.6 Å². The number of pyridine rings is 1. The number of nitrogens with zero attached hydrogens (tertiary/aromatic N) is 1. The quantitative estimate of drug-likeness (QED) is 0.901. The van der Waals surface area contributed by atoms with Crippen molar-refractivity contribution in [2.75, 3.05) is 5.32 Å². The Kier molecular flexibility index (Phi) is 5.34. The molecule has 0 saturated heterocycles. The van der Waals surface area contributed by atoms with Crippen LogP contribution in [0.1, 0.15) is 40.3 Å². The standard InChI is InChI=1S/C17H18ClN3O2/c1-10(2)20-17(23)15-9-12(6-7-19-15)16(22)21-14-5-4-13(18)8-11(14)3/h4-10H,1-3H3,(H,20,23)(H,21,22). The molecular weight excluding hydrogens is 314 g/mol. The van der Waals surface area contributed by atoms with E-state index in [2.05, 4.69) is 15.6 Å². The van der Waals surface area contributed by atoms with Gasteiger partial charge < -0.3 is 10.6 Å². The average molecular weight is 332 g/mol. The molecule has 2 amide bonds. The summed E-state index contributed by atoms with van der Waals surface area (Å²) in [6.07, 6.45) is 1.44. The van der Waals surface area contributed by atoms with Crippen LogP contribution in [0.15, 0.2) is 36.5 Å². The fourth-order valence-electron chi connectivity index (χ4n) is 1.99. The van der Waals surface area contributed by atoms with E-state index in [9.17, 15) is 9.59 Å². The molecule has 0 atom stereocenters. The molecule has 5 nitrogen and oxygen atoms in total. The third-order valence-electron chi connectivity index (χ3n) is 3.11. The Morgan fingerprint density at radius 1 is 1.13 bits per heavy atom. The lowest BCUT2D eigenvalue weighted by Crippen LogP contribution is -2.31. The summed E-state index contributed by atoms with van der Waals surface area (Å²) in [6, 6.07) is 8.25. The lowest BCUT2D eigenvalue weighted by Gasteiger charge is -2.10. The van der Waals surface area contributed by atoms with Gasteiger partial charge in [0.2, 0.25) is 0 Å². The Hall–Kier alpha value is -2.40. The van der Waals surface area contributed by atoms with Crippen LogP contribution in [0.25, 0.3) is 0 Å². The lowest BCUT2D eigenvalue weighted by molar-refractivity contribution is 0.0938. The molecule has 23 heavy (non-hydrogen) atoms. The van der Waals surface area contributed by atoms with E-state index in [1.54, 1.807) is 24.3 Å².